The van der Waals surface area contributed by atoms with Crippen LogP contribution in [0.25, 0.3) is 33.6 Å². The number of amides is 4. The number of hydrogen-bond acceptors (Lipinski definition) is 10. The van der Waals surface area contributed by atoms with Crippen molar-refractivity contribution in [2.75, 3.05) is 47.1 Å². The van der Waals surface area contributed by atoms with Gasteiger partial charge in [-0.05, 0) is 73.3 Å². The predicted octanol–water partition coefficient (Wildman–Crippen LogP) is 5.76. The summed E-state index contributed by atoms with van der Waals surface area (Å²) in [4.78, 5) is 71.3. The molecular formula is C42H52N8O8. The molecule has 0 spiro atoms. The van der Waals surface area contributed by atoms with Gasteiger partial charge >= 0.3 is 12.2 Å². The Hall–Kier alpha value is -5.90. The van der Waals surface area contributed by atoms with Gasteiger partial charge in [0, 0.05) is 25.3 Å². The van der Waals surface area contributed by atoms with E-state index < -0.39 is 24.3 Å². The fourth-order valence-electron chi connectivity index (χ4n) is 7.95. The summed E-state index contributed by atoms with van der Waals surface area (Å²) in [6.07, 6.45) is 6.81. The van der Waals surface area contributed by atoms with Crippen LogP contribution in [0.5, 0.6) is 5.75 Å². The van der Waals surface area contributed by atoms with Crippen LogP contribution in [0.3, 0.4) is 0 Å². The number of rotatable bonds is 7. The zero-order chi connectivity index (χ0) is 40.8. The number of ether oxygens (including phenoxy) is 4. The van der Waals surface area contributed by atoms with Crippen molar-refractivity contribution in [3.05, 3.63) is 66.5 Å². The van der Waals surface area contributed by atoms with E-state index in [1.807, 2.05) is 38.1 Å². The maximum Gasteiger partial charge on any atom is 0.407 e. The topological polar surface area (TPSA) is 193 Å². The third kappa shape index (κ3) is 8.81. The molecule has 0 radical (unpaired) electrons. The molecule has 2 aromatic heterocycles. The van der Waals surface area contributed by atoms with Gasteiger partial charge in [0.05, 0.1) is 63.3 Å². The zero-order valence-electron chi connectivity index (χ0n) is 33.4. The van der Waals surface area contributed by atoms with E-state index in [9.17, 15) is 19.2 Å². The molecular weight excluding hydrogens is 745 g/mol. The van der Waals surface area contributed by atoms with E-state index in [2.05, 4.69) is 38.8 Å². The van der Waals surface area contributed by atoms with E-state index in [1.54, 1.807) is 22.2 Å². The van der Waals surface area contributed by atoms with E-state index in [-0.39, 0.29) is 36.4 Å². The van der Waals surface area contributed by atoms with Crippen LogP contribution in [0.4, 0.5) is 9.59 Å². The highest BCUT2D eigenvalue weighted by Gasteiger charge is 2.38. The van der Waals surface area contributed by atoms with Gasteiger partial charge in [-0.3, -0.25) is 9.59 Å². The minimum atomic E-state index is -0.876. The van der Waals surface area contributed by atoms with Crippen LogP contribution in [0, 0.1) is 5.92 Å². The number of hydrogen-bond donors (Lipinski definition) is 4. The van der Waals surface area contributed by atoms with Crippen molar-refractivity contribution in [1.29, 1.82) is 0 Å². The maximum absolute atomic E-state index is 13.7. The lowest BCUT2D eigenvalue weighted by molar-refractivity contribution is -0.136. The highest BCUT2D eigenvalue weighted by atomic mass is 16.5. The summed E-state index contributed by atoms with van der Waals surface area (Å²) < 4.78 is 21.8. The van der Waals surface area contributed by atoms with Crippen molar-refractivity contribution in [3.63, 3.8) is 0 Å². The monoisotopic (exact) mass is 796 g/mol. The van der Waals surface area contributed by atoms with Crippen molar-refractivity contribution < 1.29 is 38.1 Å². The normalized spacial score (nSPS) is 20.5. The molecule has 3 aliphatic heterocycles. The fourth-order valence-corrected chi connectivity index (χ4v) is 7.95. The predicted molar refractivity (Wildman–Crippen MR) is 213 cm³/mol. The summed E-state index contributed by atoms with van der Waals surface area (Å²) >= 11 is 0. The van der Waals surface area contributed by atoms with Crippen molar-refractivity contribution in [2.24, 2.45) is 5.92 Å². The quantitative estimate of drug-likeness (QED) is 0.179. The maximum atomic E-state index is 13.7. The summed E-state index contributed by atoms with van der Waals surface area (Å²) in [5.41, 5.74) is 5.40. The van der Waals surface area contributed by atoms with Crippen LogP contribution in [0.15, 0.2) is 54.9 Å². The third-order valence-electron chi connectivity index (χ3n) is 11.1. The van der Waals surface area contributed by atoms with Gasteiger partial charge in [-0.2, -0.15) is 0 Å². The Balaban J connectivity index is 1.09. The number of nitrogens with one attached hydrogen (secondary N) is 4. The van der Waals surface area contributed by atoms with Crippen molar-refractivity contribution in [1.82, 2.24) is 40.4 Å². The van der Waals surface area contributed by atoms with Crippen LogP contribution in [-0.2, 0) is 23.8 Å². The molecule has 4 amide bonds. The molecule has 5 heterocycles. The minimum Gasteiger partial charge on any atom is -0.493 e. The Morgan fingerprint density at radius 3 is 2.22 bits per heavy atom. The van der Waals surface area contributed by atoms with Gasteiger partial charge in [-0.1, -0.05) is 44.2 Å². The number of benzene rings is 2. The lowest BCUT2D eigenvalue weighted by Gasteiger charge is -2.30. The first-order chi connectivity index (χ1) is 28.1. The van der Waals surface area contributed by atoms with Crippen LogP contribution in [0.1, 0.15) is 76.1 Å². The van der Waals surface area contributed by atoms with Crippen molar-refractivity contribution in [2.45, 2.75) is 76.5 Å². The number of carbonyl (C=O) groups excluding carboxylic acids is 4. The molecule has 2 fully saturated rings. The van der Waals surface area contributed by atoms with Crippen molar-refractivity contribution in [3.8, 4) is 39.4 Å². The van der Waals surface area contributed by atoms with E-state index >= 15 is 0 Å². The average Bonchev–Trinajstić information content (AvgIpc) is 4.08. The van der Waals surface area contributed by atoms with Gasteiger partial charge in [-0.25, -0.2) is 19.6 Å². The zero-order valence-corrected chi connectivity index (χ0v) is 33.4. The number of imidazole rings is 2. The summed E-state index contributed by atoms with van der Waals surface area (Å²) in [6.45, 7) is 5.80. The van der Waals surface area contributed by atoms with Gasteiger partial charge < -0.3 is 49.3 Å². The molecule has 16 nitrogen and oxygen atoms in total. The third-order valence-corrected chi connectivity index (χ3v) is 11.1. The van der Waals surface area contributed by atoms with Gasteiger partial charge in [0.25, 0.3) is 0 Å². The molecule has 2 aromatic carbocycles. The number of alkyl carbamates (subject to hydrolysis) is 2. The summed E-state index contributed by atoms with van der Waals surface area (Å²) in [5.74, 6) is 1.59. The van der Waals surface area contributed by atoms with Crippen LogP contribution < -0.4 is 15.4 Å². The van der Waals surface area contributed by atoms with Gasteiger partial charge in [0.2, 0.25) is 11.8 Å². The Morgan fingerprint density at radius 2 is 1.47 bits per heavy atom. The molecule has 7 rings (SSSR count). The molecule has 4 N–H and O–H groups in total. The molecule has 3 aliphatic rings. The summed E-state index contributed by atoms with van der Waals surface area (Å²) in [6, 6.07) is 12.2. The highest BCUT2D eigenvalue weighted by Crippen LogP contribution is 2.38. The first-order valence-corrected chi connectivity index (χ1v) is 20.0. The number of fused-ring (bicyclic) bond motifs is 6. The van der Waals surface area contributed by atoms with Gasteiger partial charge in [-0.15, -0.1) is 0 Å². The minimum absolute atomic E-state index is 0.0323. The first-order valence-electron chi connectivity index (χ1n) is 20.0. The Morgan fingerprint density at radius 1 is 0.810 bits per heavy atom. The number of aromatic amines is 2. The van der Waals surface area contributed by atoms with E-state index in [1.165, 1.54) is 14.2 Å². The smallest absolute Gasteiger partial charge is 0.407 e. The summed E-state index contributed by atoms with van der Waals surface area (Å²) in [7, 11) is 2.55. The van der Waals surface area contributed by atoms with E-state index in [0.29, 0.717) is 56.5 Å². The van der Waals surface area contributed by atoms with Gasteiger partial charge in [0.15, 0.2) is 0 Å². The number of aromatic nitrogens is 4. The Kier molecular flexibility index (Phi) is 12.6. The number of likely N-dealkylation sites (tertiary alicyclic amines) is 1. The Labute approximate surface area is 337 Å². The molecule has 4 aromatic rings. The molecule has 16 heteroatoms. The van der Waals surface area contributed by atoms with E-state index in [4.69, 9.17) is 28.9 Å². The second-order valence-electron chi connectivity index (χ2n) is 15.2. The number of nitrogens with zero attached hydrogens (tertiary/aromatic N) is 4. The molecule has 4 atom stereocenters. The lowest BCUT2D eigenvalue weighted by Crippen LogP contribution is -2.51. The Bertz CT molecular complexity index is 2080. The average molecular weight is 797 g/mol. The fraction of sp³-hybridized carbons (Fsp3) is 0.476. The standard InChI is InChI=1S/C42H52N8O8/c1-25(2)36(48-42(54)56-4)40(52)50-18-8-10-34(50)37-43-22-30(45-37)27-13-11-26(12-14-27)28-15-16-29-31-23-44-38(46-31)33-9-7-17-49(33)39(51)32(47-41(53)55-3)24-57-19-5-6-20-58-35(29)21-28/h11-16,21-23,25,32-34,36H,5-10,17-20,24H2,1-4H3,(H,43,45)(H,44,46)(H,47,53)(H,48,54)/t32-,33-,34-,36-/m0/s1. The van der Waals surface area contributed by atoms with Crippen LogP contribution >= 0.6 is 0 Å². The number of carbonyl (C=O) groups is 4. The van der Waals surface area contributed by atoms with E-state index in [0.717, 1.165) is 59.3 Å². The molecule has 0 saturated carbocycles. The number of methoxy groups -OCH3 is 2. The van der Waals surface area contributed by atoms with Crippen LogP contribution in [0.2, 0.25) is 0 Å². The second-order valence-corrected chi connectivity index (χ2v) is 15.2. The summed E-state index contributed by atoms with van der Waals surface area (Å²) in [5, 5.41) is 5.34. The molecule has 2 bridgehead atoms. The van der Waals surface area contributed by atoms with Crippen molar-refractivity contribution >= 4 is 24.0 Å². The largest absolute Gasteiger partial charge is 0.493 e. The SMILES string of the molecule is COC(=O)N[C@H]1COCCCCOc2cc(-c3ccc(-c4cnc([C@@H]5CCCN5C(=O)[C@@H](NC(=O)OC)C(C)C)[nH]4)cc3)ccc2-c2cnc([nH]2)[C@@H]2CCCN2C1=O. The molecule has 2 saturated heterocycles. The molecule has 308 valence electrons. The number of H-pyrrole nitrogens is 2. The lowest BCUT2D eigenvalue weighted by atomic mass is 10.00. The first kappa shape index (κ1) is 40.3. The highest BCUT2D eigenvalue weighted by molar-refractivity contribution is 5.87. The molecule has 0 unspecified atom stereocenters. The van der Waals surface area contributed by atoms with Gasteiger partial charge in [0.1, 0.15) is 29.5 Å². The molecule has 58 heavy (non-hydrogen) atoms. The second kappa shape index (κ2) is 18.1. The van der Waals surface area contributed by atoms with Crippen LogP contribution in [-0.4, -0.2) is 113 Å². The molecule has 0 aliphatic carbocycles.